The van der Waals surface area contributed by atoms with Gasteiger partial charge in [0.15, 0.2) is 17.3 Å². The molecule has 0 saturated carbocycles. The first kappa shape index (κ1) is 22.9. The lowest BCUT2D eigenvalue weighted by Crippen LogP contribution is -2.38. The normalized spacial score (nSPS) is 23.2. The molecule has 3 aliphatic rings. The summed E-state index contributed by atoms with van der Waals surface area (Å²) in [7, 11) is 0. The number of aliphatic hydroxyl groups excluding tert-OH is 1. The summed E-state index contributed by atoms with van der Waals surface area (Å²) in [5, 5.41) is 8.84. The van der Waals surface area contributed by atoms with Gasteiger partial charge in [-0.25, -0.2) is 0 Å². The minimum atomic E-state index is -0.554. The maximum Gasteiger partial charge on any atom is 0.288 e. The van der Waals surface area contributed by atoms with Crippen molar-refractivity contribution in [3.63, 3.8) is 0 Å². The molecule has 4 rings (SSSR count). The summed E-state index contributed by atoms with van der Waals surface area (Å²) in [5.74, 6) is 1.68. The average Bonchev–Trinajstić information content (AvgIpc) is 3.26. The maximum absolute atomic E-state index is 13.3. The number of amides is 1. The van der Waals surface area contributed by atoms with E-state index in [9.17, 15) is 4.79 Å². The molecule has 0 aliphatic carbocycles. The van der Waals surface area contributed by atoms with E-state index >= 15 is 0 Å². The van der Waals surface area contributed by atoms with Crippen molar-refractivity contribution >= 4 is 5.91 Å². The predicted molar refractivity (Wildman–Crippen MR) is 116 cm³/mol. The Kier molecular flexibility index (Phi) is 8.25. The minimum Gasteiger partial charge on any atom is -0.459 e. The quantitative estimate of drug-likeness (QED) is 0.613. The van der Waals surface area contributed by atoms with Crippen molar-refractivity contribution in [2.24, 2.45) is 0 Å². The van der Waals surface area contributed by atoms with E-state index < -0.39 is 6.29 Å². The third-order valence-electron chi connectivity index (χ3n) is 6.00. The molecule has 32 heavy (non-hydrogen) atoms. The van der Waals surface area contributed by atoms with Gasteiger partial charge in [0.25, 0.3) is 5.91 Å². The van der Waals surface area contributed by atoms with Gasteiger partial charge in [-0.15, -0.1) is 0 Å². The average molecular weight is 448 g/mol. The van der Waals surface area contributed by atoms with Gasteiger partial charge in [-0.3, -0.25) is 4.79 Å². The molecule has 3 heterocycles. The van der Waals surface area contributed by atoms with Crippen molar-refractivity contribution in [3.8, 4) is 11.5 Å². The van der Waals surface area contributed by atoms with Crippen LogP contribution in [0.25, 0.3) is 0 Å². The molecule has 0 aromatic heterocycles. The lowest BCUT2D eigenvalue weighted by Gasteiger charge is -2.32. The molecule has 0 unspecified atom stereocenters. The Morgan fingerprint density at radius 3 is 2.62 bits per heavy atom. The van der Waals surface area contributed by atoms with Crippen LogP contribution in [-0.4, -0.2) is 68.5 Å². The summed E-state index contributed by atoms with van der Waals surface area (Å²) in [5.41, 5.74) is 1.03. The molecule has 1 aromatic carbocycles. The van der Waals surface area contributed by atoms with Crippen molar-refractivity contribution in [1.82, 2.24) is 4.90 Å². The highest BCUT2D eigenvalue weighted by Crippen LogP contribution is 2.38. The second-order valence-corrected chi connectivity index (χ2v) is 8.30. The van der Waals surface area contributed by atoms with Crippen LogP contribution in [0.2, 0.25) is 0 Å². The van der Waals surface area contributed by atoms with Gasteiger partial charge in [0.05, 0.1) is 26.4 Å². The third-order valence-corrected chi connectivity index (χ3v) is 6.00. The summed E-state index contributed by atoms with van der Waals surface area (Å²) in [4.78, 5) is 15.2. The first-order valence-electron chi connectivity index (χ1n) is 11.6. The third kappa shape index (κ3) is 5.94. The van der Waals surface area contributed by atoms with E-state index in [1.165, 1.54) is 6.42 Å². The monoisotopic (exact) mass is 447 g/mol. The Morgan fingerprint density at radius 2 is 1.81 bits per heavy atom. The van der Waals surface area contributed by atoms with E-state index in [0.717, 1.165) is 50.1 Å². The smallest absolute Gasteiger partial charge is 0.288 e. The van der Waals surface area contributed by atoms with Crippen LogP contribution in [0.1, 0.15) is 50.0 Å². The summed E-state index contributed by atoms with van der Waals surface area (Å²) in [6.45, 7) is 2.67. The maximum atomic E-state index is 13.3. The number of carbonyl (C=O) groups excluding carboxylic acids is 1. The SMILES string of the molecule is O=C(C1=C[C@H](c2ccc3c(c2)OCO3)C[C@H](OCCOCCO)O1)N1CCCCCCC1. The summed E-state index contributed by atoms with van der Waals surface area (Å²) in [6.07, 6.45) is 7.53. The van der Waals surface area contributed by atoms with Crippen molar-refractivity contribution in [3.05, 3.63) is 35.6 Å². The number of carbonyl (C=O) groups is 1. The van der Waals surface area contributed by atoms with Gasteiger partial charge in [0, 0.05) is 25.4 Å². The van der Waals surface area contributed by atoms with Crippen LogP contribution in [-0.2, 0) is 19.0 Å². The molecular weight excluding hydrogens is 414 g/mol. The van der Waals surface area contributed by atoms with Crippen LogP contribution in [0.4, 0.5) is 0 Å². The number of hydrogen-bond donors (Lipinski definition) is 1. The molecular formula is C24H33NO7. The number of nitrogens with zero attached hydrogens (tertiary/aromatic N) is 1. The molecule has 0 bridgehead atoms. The number of ether oxygens (including phenoxy) is 5. The number of allylic oxidation sites excluding steroid dienone is 1. The van der Waals surface area contributed by atoms with Crippen molar-refractivity contribution in [2.45, 2.75) is 50.7 Å². The van der Waals surface area contributed by atoms with Crippen LogP contribution in [0.3, 0.4) is 0 Å². The largest absolute Gasteiger partial charge is 0.459 e. The molecule has 8 nitrogen and oxygen atoms in total. The predicted octanol–water partition coefficient (Wildman–Crippen LogP) is 2.95. The molecule has 1 fully saturated rings. The lowest BCUT2D eigenvalue weighted by atomic mass is 9.92. The zero-order valence-corrected chi connectivity index (χ0v) is 18.5. The van der Waals surface area contributed by atoms with Crippen LogP contribution >= 0.6 is 0 Å². The molecule has 1 N–H and O–H groups in total. The van der Waals surface area contributed by atoms with Crippen LogP contribution in [0.5, 0.6) is 11.5 Å². The molecule has 176 valence electrons. The molecule has 2 atom stereocenters. The van der Waals surface area contributed by atoms with Gasteiger partial charge >= 0.3 is 0 Å². The van der Waals surface area contributed by atoms with E-state index in [4.69, 9.17) is 28.8 Å². The van der Waals surface area contributed by atoms with E-state index in [-0.39, 0.29) is 31.8 Å². The Bertz CT molecular complexity index is 789. The molecule has 0 radical (unpaired) electrons. The van der Waals surface area contributed by atoms with Crippen molar-refractivity contribution < 1.29 is 33.6 Å². The van der Waals surface area contributed by atoms with E-state index in [0.29, 0.717) is 31.1 Å². The second-order valence-electron chi connectivity index (χ2n) is 8.30. The highest BCUT2D eigenvalue weighted by Gasteiger charge is 2.31. The van der Waals surface area contributed by atoms with E-state index in [1.54, 1.807) is 0 Å². The number of rotatable bonds is 8. The number of aliphatic hydroxyl groups is 1. The van der Waals surface area contributed by atoms with Crippen LogP contribution < -0.4 is 9.47 Å². The van der Waals surface area contributed by atoms with E-state index in [2.05, 4.69) is 0 Å². The Balaban J connectivity index is 1.48. The van der Waals surface area contributed by atoms with Gasteiger partial charge in [0.2, 0.25) is 13.1 Å². The van der Waals surface area contributed by atoms with Crippen molar-refractivity contribution in [2.75, 3.05) is 46.3 Å². The number of benzene rings is 1. The van der Waals surface area contributed by atoms with Gasteiger partial charge in [-0.1, -0.05) is 25.3 Å². The number of hydrogen-bond acceptors (Lipinski definition) is 7. The first-order valence-corrected chi connectivity index (χ1v) is 11.6. The number of fused-ring (bicyclic) bond motifs is 1. The molecule has 1 saturated heterocycles. The second kappa shape index (κ2) is 11.5. The lowest BCUT2D eigenvalue weighted by molar-refractivity contribution is -0.156. The van der Waals surface area contributed by atoms with Crippen molar-refractivity contribution in [1.29, 1.82) is 0 Å². The molecule has 3 aliphatic heterocycles. The Hall–Kier alpha value is -2.29. The molecule has 1 amide bonds. The Labute approximate surface area is 189 Å². The summed E-state index contributed by atoms with van der Waals surface area (Å²) in [6, 6.07) is 5.87. The van der Waals surface area contributed by atoms with E-state index in [1.807, 2.05) is 29.2 Å². The highest BCUT2D eigenvalue weighted by molar-refractivity contribution is 5.91. The number of likely N-dealkylation sites (tertiary alicyclic amines) is 1. The molecule has 0 spiro atoms. The summed E-state index contributed by atoms with van der Waals surface area (Å²) >= 11 is 0. The molecule has 1 aromatic rings. The van der Waals surface area contributed by atoms with Gasteiger partial charge in [-0.2, -0.15) is 0 Å². The topological polar surface area (TPSA) is 86.7 Å². The highest BCUT2D eigenvalue weighted by atomic mass is 16.7. The first-order chi connectivity index (χ1) is 15.7. The fourth-order valence-electron chi connectivity index (χ4n) is 4.30. The van der Waals surface area contributed by atoms with Crippen LogP contribution in [0, 0.1) is 0 Å². The fourth-order valence-corrected chi connectivity index (χ4v) is 4.30. The van der Waals surface area contributed by atoms with Gasteiger partial charge in [-0.05, 0) is 36.6 Å². The van der Waals surface area contributed by atoms with Crippen LogP contribution in [0.15, 0.2) is 30.0 Å². The Morgan fingerprint density at radius 1 is 1.03 bits per heavy atom. The zero-order valence-electron chi connectivity index (χ0n) is 18.5. The minimum absolute atomic E-state index is 0.0245. The standard InChI is InChI=1S/C24H33NO7/c26-10-11-28-12-13-29-23-16-19(18-6-7-20-21(14-18)31-17-30-20)15-22(32-23)24(27)25-8-4-2-1-3-5-9-25/h6-7,14-15,19,23,26H,1-5,8-13,16-17H2/t19-,23+/m0/s1. The summed E-state index contributed by atoms with van der Waals surface area (Å²) < 4.78 is 28.1. The zero-order chi connectivity index (χ0) is 22.2. The fraction of sp³-hybridized carbons (Fsp3) is 0.625. The molecule has 8 heteroatoms. The van der Waals surface area contributed by atoms with Gasteiger partial charge < -0.3 is 33.7 Å². The van der Waals surface area contributed by atoms with Gasteiger partial charge in [0.1, 0.15) is 0 Å².